The molecule has 16 heavy (non-hydrogen) atoms. The van der Waals surface area contributed by atoms with E-state index in [-0.39, 0.29) is 12.1 Å². The van der Waals surface area contributed by atoms with Gasteiger partial charge in [0.15, 0.2) is 5.82 Å². The van der Waals surface area contributed by atoms with E-state index >= 15 is 0 Å². The zero-order valence-electron chi connectivity index (χ0n) is 10.6. The molecule has 1 heterocycles. The summed E-state index contributed by atoms with van der Waals surface area (Å²) in [7, 11) is 3.59. The third kappa shape index (κ3) is 2.76. The largest absolute Gasteiger partial charge is 0.382 e. The van der Waals surface area contributed by atoms with E-state index in [1.165, 1.54) is 0 Å². The zero-order valence-corrected chi connectivity index (χ0v) is 10.6. The summed E-state index contributed by atoms with van der Waals surface area (Å²) >= 11 is 0. The molecule has 0 bridgehead atoms. The lowest BCUT2D eigenvalue weighted by Crippen LogP contribution is -2.27. The predicted molar refractivity (Wildman–Crippen MR) is 61.0 cm³/mol. The van der Waals surface area contributed by atoms with Gasteiger partial charge in [-0.3, -0.25) is 0 Å². The number of hydrogen-bond acceptors (Lipinski definition) is 5. The third-order valence-electron chi connectivity index (χ3n) is 2.76. The molecule has 0 aliphatic rings. The molecule has 6 heteroatoms. The third-order valence-corrected chi connectivity index (χ3v) is 2.76. The first-order valence-corrected chi connectivity index (χ1v) is 5.55. The molecule has 6 nitrogen and oxygen atoms in total. The molecule has 0 saturated carbocycles. The Labute approximate surface area is 96.4 Å². The second-order valence-corrected chi connectivity index (χ2v) is 4.26. The molecule has 0 spiro atoms. The summed E-state index contributed by atoms with van der Waals surface area (Å²) in [5, 5.41) is 15.0. The molecule has 0 saturated heterocycles. The van der Waals surface area contributed by atoms with E-state index in [1.54, 1.807) is 7.11 Å². The van der Waals surface area contributed by atoms with Gasteiger partial charge in [0.2, 0.25) is 0 Å². The number of aromatic nitrogens is 4. The summed E-state index contributed by atoms with van der Waals surface area (Å²) in [5.74, 6) is 1.27. The maximum Gasteiger partial charge on any atom is 0.168 e. The summed E-state index contributed by atoms with van der Waals surface area (Å²) in [6.07, 6.45) is 0. The topological polar surface area (TPSA) is 64.9 Å². The van der Waals surface area contributed by atoms with Gasteiger partial charge in [0.05, 0.1) is 18.7 Å². The van der Waals surface area contributed by atoms with E-state index in [0.29, 0.717) is 12.5 Å². The fourth-order valence-corrected chi connectivity index (χ4v) is 1.57. The monoisotopic (exact) mass is 227 g/mol. The Morgan fingerprint density at radius 1 is 1.38 bits per heavy atom. The molecule has 0 aromatic carbocycles. The Balaban J connectivity index is 2.95. The van der Waals surface area contributed by atoms with Gasteiger partial charge in [-0.2, -0.15) is 0 Å². The molecule has 1 rings (SSSR count). The van der Waals surface area contributed by atoms with Crippen LogP contribution in [0.15, 0.2) is 0 Å². The lowest BCUT2D eigenvalue weighted by molar-refractivity contribution is 0.122. The molecule has 2 unspecified atom stereocenters. The molecule has 0 amide bonds. The summed E-state index contributed by atoms with van der Waals surface area (Å²) in [6.45, 7) is 6.93. The van der Waals surface area contributed by atoms with Crippen molar-refractivity contribution in [3.8, 4) is 0 Å². The number of hydrogen-bond donors (Lipinski definition) is 1. The Morgan fingerprint density at radius 2 is 2.06 bits per heavy atom. The van der Waals surface area contributed by atoms with Gasteiger partial charge >= 0.3 is 0 Å². The molecule has 92 valence electrons. The second-order valence-electron chi connectivity index (χ2n) is 4.26. The minimum absolute atomic E-state index is 0.133. The van der Waals surface area contributed by atoms with E-state index in [1.807, 2.05) is 18.7 Å². The van der Waals surface area contributed by atoms with Crippen molar-refractivity contribution in [1.82, 2.24) is 25.5 Å². The van der Waals surface area contributed by atoms with Gasteiger partial charge in [0.25, 0.3) is 0 Å². The van der Waals surface area contributed by atoms with E-state index in [4.69, 9.17) is 4.74 Å². The lowest BCUT2D eigenvalue weighted by atomic mass is 10.1. The highest BCUT2D eigenvalue weighted by molar-refractivity contribution is 4.92. The first kappa shape index (κ1) is 13.1. The van der Waals surface area contributed by atoms with Crippen LogP contribution in [0.25, 0.3) is 0 Å². The Kier molecular flexibility index (Phi) is 4.82. The number of rotatable bonds is 6. The van der Waals surface area contributed by atoms with Gasteiger partial charge in [0.1, 0.15) is 0 Å². The second kappa shape index (κ2) is 5.91. The number of ether oxygens (including phenoxy) is 1. The average molecular weight is 227 g/mol. The summed E-state index contributed by atoms with van der Waals surface area (Å²) in [4.78, 5) is 0. The van der Waals surface area contributed by atoms with Gasteiger partial charge < -0.3 is 10.1 Å². The summed E-state index contributed by atoms with van der Waals surface area (Å²) in [5.41, 5.74) is 0. The first-order chi connectivity index (χ1) is 7.61. The number of nitrogens with one attached hydrogen (secondary N) is 1. The number of tetrazole rings is 1. The van der Waals surface area contributed by atoms with Gasteiger partial charge in [-0.25, -0.2) is 4.68 Å². The molecule has 0 aliphatic carbocycles. The van der Waals surface area contributed by atoms with E-state index < -0.39 is 0 Å². The van der Waals surface area contributed by atoms with Gasteiger partial charge in [-0.1, -0.05) is 13.8 Å². The fraction of sp³-hybridized carbons (Fsp3) is 0.900. The van der Waals surface area contributed by atoms with Crippen molar-refractivity contribution in [2.75, 3.05) is 20.8 Å². The Morgan fingerprint density at radius 3 is 2.56 bits per heavy atom. The van der Waals surface area contributed by atoms with E-state index in [2.05, 4.69) is 34.7 Å². The van der Waals surface area contributed by atoms with Crippen LogP contribution in [0.4, 0.5) is 0 Å². The normalized spacial score (nSPS) is 15.4. The maximum absolute atomic E-state index is 5.22. The average Bonchev–Trinajstić information content (AvgIpc) is 2.72. The molecule has 1 N–H and O–H groups in total. The van der Waals surface area contributed by atoms with Crippen LogP contribution in [0.1, 0.15) is 38.7 Å². The minimum atomic E-state index is 0.133. The summed E-state index contributed by atoms with van der Waals surface area (Å²) in [6, 6.07) is 0.305. The lowest BCUT2D eigenvalue weighted by Gasteiger charge is -2.22. The van der Waals surface area contributed by atoms with Crippen molar-refractivity contribution in [1.29, 1.82) is 0 Å². The minimum Gasteiger partial charge on any atom is -0.382 e. The van der Waals surface area contributed by atoms with Gasteiger partial charge in [-0.15, -0.1) is 5.10 Å². The number of methoxy groups -OCH3 is 1. The van der Waals surface area contributed by atoms with Crippen LogP contribution < -0.4 is 5.32 Å². The van der Waals surface area contributed by atoms with E-state index in [0.717, 1.165) is 5.82 Å². The summed E-state index contributed by atoms with van der Waals surface area (Å²) < 4.78 is 7.08. The highest BCUT2D eigenvalue weighted by Crippen LogP contribution is 2.20. The van der Waals surface area contributed by atoms with Crippen LogP contribution in [-0.4, -0.2) is 41.0 Å². The van der Waals surface area contributed by atoms with Crippen molar-refractivity contribution < 1.29 is 4.74 Å². The van der Waals surface area contributed by atoms with Crippen molar-refractivity contribution in [3.63, 3.8) is 0 Å². The van der Waals surface area contributed by atoms with Crippen LogP contribution in [0, 0.1) is 5.92 Å². The van der Waals surface area contributed by atoms with Crippen LogP contribution in [0.5, 0.6) is 0 Å². The highest BCUT2D eigenvalue weighted by atomic mass is 16.5. The van der Waals surface area contributed by atoms with E-state index in [9.17, 15) is 0 Å². The molecular formula is C10H21N5O. The molecule has 0 radical (unpaired) electrons. The quantitative estimate of drug-likeness (QED) is 0.778. The fourth-order valence-electron chi connectivity index (χ4n) is 1.57. The molecule has 1 aromatic rings. The van der Waals surface area contributed by atoms with Crippen LogP contribution in [-0.2, 0) is 4.74 Å². The molecule has 1 aromatic heterocycles. The maximum atomic E-state index is 5.22. The zero-order chi connectivity index (χ0) is 12.1. The Bertz CT molecular complexity index is 312. The van der Waals surface area contributed by atoms with Crippen LogP contribution in [0.3, 0.4) is 0 Å². The Hall–Kier alpha value is -1.01. The van der Waals surface area contributed by atoms with Crippen molar-refractivity contribution >= 4 is 0 Å². The van der Waals surface area contributed by atoms with Crippen molar-refractivity contribution in [2.45, 2.75) is 32.9 Å². The molecular weight excluding hydrogens is 206 g/mol. The highest BCUT2D eigenvalue weighted by Gasteiger charge is 2.22. The van der Waals surface area contributed by atoms with Gasteiger partial charge in [0, 0.05) is 7.11 Å². The molecule has 0 aliphatic heterocycles. The molecule has 0 fully saturated rings. The van der Waals surface area contributed by atoms with Crippen LogP contribution >= 0.6 is 0 Å². The SMILES string of the molecule is CNC(C)c1nnnn1C(COC)C(C)C. The van der Waals surface area contributed by atoms with Gasteiger partial charge in [-0.05, 0) is 30.3 Å². The van der Waals surface area contributed by atoms with Crippen molar-refractivity contribution in [3.05, 3.63) is 5.82 Å². The smallest absolute Gasteiger partial charge is 0.168 e. The molecule has 2 atom stereocenters. The van der Waals surface area contributed by atoms with Crippen molar-refractivity contribution in [2.24, 2.45) is 5.92 Å². The number of nitrogens with zero attached hydrogens (tertiary/aromatic N) is 4. The standard InChI is InChI=1S/C10H21N5O/c1-7(2)9(6-16-5)15-10(8(3)11-4)12-13-14-15/h7-9,11H,6H2,1-5H3. The van der Waals surface area contributed by atoms with Crippen LogP contribution in [0.2, 0.25) is 0 Å². The predicted octanol–water partition coefficient (Wildman–Crippen LogP) is 0.797. The first-order valence-electron chi connectivity index (χ1n) is 5.55.